The number of hydrogen-bond acceptors (Lipinski definition) is 2. The Hall–Kier alpha value is -1.00. The predicted molar refractivity (Wildman–Crippen MR) is 70.5 cm³/mol. The van der Waals surface area contributed by atoms with E-state index in [2.05, 4.69) is 0 Å². The zero-order valence-electron chi connectivity index (χ0n) is 10.3. The summed E-state index contributed by atoms with van der Waals surface area (Å²) in [7, 11) is 1.93. The maximum Gasteiger partial charge on any atom is 0.270 e. The Morgan fingerprint density at radius 1 is 1.53 bits per heavy atom. The Bertz CT molecular complexity index is 402. The lowest BCUT2D eigenvalue weighted by Crippen LogP contribution is -2.31. The van der Waals surface area contributed by atoms with Gasteiger partial charge in [0.2, 0.25) is 0 Å². The summed E-state index contributed by atoms with van der Waals surface area (Å²) in [5, 5.41) is 0. The van der Waals surface area contributed by atoms with E-state index in [0.29, 0.717) is 12.5 Å². The molecule has 1 fully saturated rings. The molecule has 0 aromatic carbocycles. The van der Waals surface area contributed by atoms with Gasteiger partial charge < -0.3 is 15.2 Å². The van der Waals surface area contributed by atoms with Crippen molar-refractivity contribution >= 4 is 18.3 Å². The summed E-state index contributed by atoms with van der Waals surface area (Å²) in [5.74, 6) is 0.608. The number of aryl methyl sites for hydroxylation is 1. The van der Waals surface area contributed by atoms with Crippen LogP contribution in [-0.2, 0) is 7.05 Å². The van der Waals surface area contributed by atoms with Crippen molar-refractivity contribution in [2.45, 2.75) is 13.3 Å². The maximum absolute atomic E-state index is 12.2. The van der Waals surface area contributed by atoms with Crippen molar-refractivity contribution in [1.82, 2.24) is 9.47 Å². The largest absolute Gasteiger partial charge is 0.344 e. The van der Waals surface area contributed by atoms with Crippen LogP contribution in [0.3, 0.4) is 0 Å². The summed E-state index contributed by atoms with van der Waals surface area (Å²) < 4.78 is 1.94. The highest BCUT2D eigenvalue weighted by molar-refractivity contribution is 5.93. The number of carbonyl (C=O) groups excluding carboxylic acids is 1. The van der Waals surface area contributed by atoms with Gasteiger partial charge in [-0.2, -0.15) is 0 Å². The number of likely N-dealkylation sites (tertiary alicyclic amines) is 1. The molecule has 1 saturated heterocycles. The first-order valence-electron chi connectivity index (χ1n) is 5.75. The molecule has 2 rings (SSSR count). The Balaban J connectivity index is 0.00000144. The summed E-state index contributed by atoms with van der Waals surface area (Å²) in [6.07, 6.45) is 1.03. The van der Waals surface area contributed by atoms with Crippen molar-refractivity contribution in [3.8, 4) is 0 Å². The normalized spacial score (nSPS) is 19.2. The van der Waals surface area contributed by atoms with E-state index in [9.17, 15) is 4.79 Å². The lowest BCUT2D eigenvalue weighted by atomic mass is 10.1. The van der Waals surface area contributed by atoms with Gasteiger partial charge in [0.05, 0.1) is 0 Å². The molecule has 4 nitrogen and oxygen atoms in total. The molecule has 0 spiro atoms. The van der Waals surface area contributed by atoms with Crippen LogP contribution in [0.2, 0.25) is 0 Å². The van der Waals surface area contributed by atoms with Crippen molar-refractivity contribution in [3.05, 3.63) is 23.5 Å². The molecule has 0 saturated carbocycles. The van der Waals surface area contributed by atoms with Crippen molar-refractivity contribution in [3.63, 3.8) is 0 Å². The number of carbonyl (C=O) groups is 1. The minimum absolute atomic E-state index is 0. The molecule has 17 heavy (non-hydrogen) atoms. The second-order valence-corrected chi connectivity index (χ2v) is 4.56. The standard InChI is InChI=1S/C12H19N3O.ClH/c1-9-3-4-11(14(9)2)12(16)15-6-5-10(7-13)8-15;/h3-4,10H,5-8,13H2,1-2H3;1H. The van der Waals surface area contributed by atoms with Crippen molar-refractivity contribution in [2.75, 3.05) is 19.6 Å². The molecule has 1 unspecified atom stereocenters. The van der Waals surface area contributed by atoms with Crippen molar-refractivity contribution in [1.29, 1.82) is 0 Å². The summed E-state index contributed by atoms with van der Waals surface area (Å²) in [6, 6.07) is 3.87. The topological polar surface area (TPSA) is 51.3 Å². The fourth-order valence-electron chi connectivity index (χ4n) is 2.20. The van der Waals surface area contributed by atoms with Crippen LogP contribution in [0, 0.1) is 12.8 Å². The van der Waals surface area contributed by atoms with Gasteiger partial charge >= 0.3 is 0 Å². The zero-order chi connectivity index (χ0) is 11.7. The third kappa shape index (κ3) is 2.64. The lowest BCUT2D eigenvalue weighted by molar-refractivity contribution is 0.0778. The van der Waals surface area contributed by atoms with Gasteiger partial charge in [-0.3, -0.25) is 4.79 Å². The van der Waals surface area contributed by atoms with E-state index >= 15 is 0 Å². The predicted octanol–water partition coefficient (Wildman–Crippen LogP) is 1.18. The number of nitrogens with two attached hydrogens (primary N) is 1. The van der Waals surface area contributed by atoms with Crippen LogP contribution in [-0.4, -0.2) is 35.0 Å². The van der Waals surface area contributed by atoms with Crippen LogP contribution in [0.25, 0.3) is 0 Å². The van der Waals surface area contributed by atoms with Gasteiger partial charge in [-0.25, -0.2) is 0 Å². The number of hydrogen-bond donors (Lipinski definition) is 1. The molecule has 1 aliphatic heterocycles. The van der Waals surface area contributed by atoms with Gasteiger partial charge in [-0.15, -0.1) is 12.4 Å². The number of rotatable bonds is 2. The van der Waals surface area contributed by atoms with Gasteiger partial charge in [-0.1, -0.05) is 0 Å². The van der Waals surface area contributed by atoms with Crippen molar-refractivity contribution < 1.29 is 4.79 Å². The molecule has 96 valence electrons. The molecule has 1 atom stereocenters. The Kier molecular flexibility index (Phi) is 4.60. The summed E-state index contributed by atoms with van der Waals surface area (Å²) in [6.45, 7) is 4.32. The van der Waals surface area contributed by atoms with Crippen LogP contribution in [0.15, 0.2) is 12.1 Å². The molecule has 1 aliphatic rings. The second-order valence-electron chi connectivity index (χ2n) is 4.56. The van der Waals surface area contributed by atoms with E-state index in [1.807, 2.05) is 35.6 Å². The molecule has 0 radical (unpaired) electrons. The number of nitrogens with zero attached hydrogens (tertiary/aromatic N) is 2. The van der Waals surface area contributed by atoms with E-state index in [-0.39, 0.29) is 18.3 Å². The molecule has 2 N–H and O–H groups in total. The lowest BCUT2D eigenvalue weighted by Gasteiger charge is -2.16. The number of halogens is 1. The fourth-order valence-corrected chi connectivity index (χ4v) is 2.20. The van der Waals surface area contributed by atoms with Crippen LogP contribution in [0.4, 0.5) is 0 Å². The third-order valence-corrected chi connectivity index (χ3v) is 3.50. The molecule has 2 heterocycles. The summed E-state index contributed by atoms with van der Waals surface area (Å²) >= 11 is 0. The van der Waals surface area contributed by atoms with Crippen LogP contribution in [0.1, 0.15) is 22.6 Å². The molecular formula is C12H20ClN3O. The van der Waals surface area contributed by atoms with E-state index in [1.165, 1.54) is 0 Å². The molecule has 1 aromatic rings. The van der Waals surface area contributed by atoms with Gasteiger partial charge in [-0.05, 0) is 37.9 Å². The van der Waals surface area contributed by atoms with E-state index in [4.69, 9.17) is 5.73 Å². The Labute approximate surface area is 108 Å². The molecule has 1 amide bonds. The smallest absolute Gasteiger partial charge is 0.270 e. The number of aromatic nitrogens is 1. The molecule has 1 aromatic heterocycles. The average molecular weight is 258 g/mol. The first kappa shape index (κ1) is 14.1. The SMILES string of the molecule is Cc1ccc(C(=O)N2CCC(CN)C2)n1C.Cl. The van der Waals surface area contributed by atoms with E-state index in [1.54, 1.807) is 0 Å². The second kappa shape index (κ2) is 5.56. The van der Waals surface area contributed by atoms with Crippen molar-refractivity contribution in [2.24, 2.45) is 18.7 Å². The molecular weight excluding hydrogens is 238 g/mol. The highest BCUT2D eigenvalue weighted by Gasteiger charge is 2.27. The first-order valence-corrected chi connectivity index (χ1v) is 5.75. The maximum atomic E-state index is 12.2. The Morgan fingerprint density at radius 3 is 2.71 bits per heavy atom. The highest BCUT2D eigenvalue weighted by atomic mass is 35.5. The van der Waals surface area contributed by atoms with Gasteiger partial charge in [0.1, 0.15) is 5.69 Å². The summed E-state index contributed by atoms with van der Waals surface area (Å²) in [4.78, 5) is 14.1. The highest BCUT2D eigenvalue weighted by Crippen LogP contribution is 2.18. The van der Waals surface area contributed by atoms with Crippen LogP contribution < -0.4 is 5.73 Å². The molecule has 0 aliphatic carbocycles. The summed E-state index contributed by atoms with van der Waals surface area (Å²) in [5.41, 5.74) is 7.51. The number of amides is 1. The Morgan fingerprint density at radius 2 is 2.24 bits per heavy atom. The molecule has 0 bridgehead atoms. The van der Waals surface area contributed by atoms with Crippen LogP contribution >= 0.6 is 12.4 Å². The first-order chi connectivity index (χ1) is 7.63. The van der Waals surface area contributed by atoms with Gasteiger partial charge in [0, 0.05) is 25.8 Å². The van der Waals surface area contributed by atoms with Gasteiger partial charge in [0.25, 0.3) is 5.91 Å². The zero-order valence-corrected chi connectivity index (χ0v) is 11.2. The average Bonchev–Trinajstić information content (AvgIpc) is 2.87. The van der Waals surface area contributed by atoms with Crippen LogP contribution in [0.5, 0.6) is 0 Å². The minimum atomic E-state index is 0. The quantitative estimate of drug-likeness (QED) is 0.865. The third-order valence-electron chi connectivity index (χ3n) is 3.50. The fraction of sp³-hybridized carbons (Fsp3) is 0.583. The van der Waals surface area contributed by atoms with E-state index < -0.39 is 0 Å². The molecule has 5 heteroatoms. The minimum Gasteiger partial charge on any atom is -0.344 e. The van der Waals surface area contributed by atoms with Gasteiger partial charge in [0.15, 0.2) is 0 Å². The monoisotopic (exact) mass is 257 g/mol. The van der Waals surface area contributed by atoms with E-state index in [0.717, 1.165) is 30.9 Å².